The highest BCUT2D eigenvalue weighted by Gasteiger charge is 2.22. The number of sulfonamides is 1. The van der Waals surface area contributed by atoms with Gasteiger partial charge in [-0.15, -0.1) is 0 Å². The van der Waals surface area contributed by atoms with E-state index >= 15 is 0 Å². The fourth-order valence-electron chi connectivity index (χ4n) is 2.59. The minimum absolute atomic E-state index is 0.0140. The zero-order valence-electron chi connectivity index (χ0n) is 16.7. The number of primary sulfonamides is 1. The lowest BCUT2D eigenvalue weighted by Gasteiger charge is -2.15. The Morgan fingerprint density at radius 1 is 1.13 bits per heavy atom. The molecule has 2 rings (SSSR count). The van der Waals surface area contributed by atoms with Crippen molar-refractivity contribution in [1.29, 1.82) is 0 Å². The van der Waals surface area contributed by atoms with Gasteiger partial charge in [0.05, 0.1) is 26.2 Å². The third-order valence-corrected chi connectivity index (χ3v) is 6.53. The van der Waals surface area contributed by atoms with Crippen LogP contribution in [0.2, 0.25) is 0 Å². The average molecular weight is 453 g/mol. The zero-order valence-corrected chi connectivity index (χ0v) is 18.3. The zero-order chi connectivity index (χ0) is 22.3. The van der Waals surface area contributed by atoms with Crippen molar-refractivity contribution < 1.29 is 27.0 Å². The van der Waals surface area contributed by atoms with Crippen LogP contribution in [-0.2, 0) is 36.8 Å². The highest BCUT2D eigenvalue weighted by Crippen LogP contribution is 2.16. The smallest absolute Gasteiger partial charge is 0.340 e. The summed E-state index contributed by atoms with van der Waals surface area (Å²) >= 11 is 0. The molecule has 10 heteroatoms. The van der Waals surface area contributed by atoms with Gasteiger partial charge in [0.25, 0.3) is 5.91 Å². The molecule has 2 aromatic carbocycles. The van der Waals surface area contributed by atoms with Crippen LogP contribution in [0.4, 0.5) is 0 Å². The molecule has 3 N–H and O–H groups in total. The standard InChI is InChI=1S/C20H24N2O6S2/c1-3-29(25)18-7-5-4-6-17(18)20(24)28-14(2)19(23)22-13-12-15-8-10-16(11-9-15)30(21,26)27/h4-11,14H,3,12-13H2,1-2H3,(H,22,23)(H2,21,26,27). The Kier molecular flexibility index (Phi) is 8.27. The Hall–Kier alpha value is -2.56. The molecular formula is C20H24N2O6S2. The Bertz CT molecular complexity index is 1040. The summed E-state index contributed by atoms with van der Waals surface area (Å²) in [5.74, 6) is -0.828. The number of hydrogen-bond acceptors (Lipinski definition) is 6. The highest BCUT2D eigenvalue weighted by atomic mass is 32.2. The number of carbonyl (C=O) groups excluding carboxylic acids is 2. The van der Waals surface area contributed by atoms with Gasteiger partial charge in [-0.25, -0.2) is 18.4 Å². The Morgan fingerprint density at radius 3 is 2.37 bits per heavy atom. The molecule has 0 bridgehead atoms. The molecule has 0 saturated heterocycles. The van der Waals surface area contributed by atoms with Gasteiger partial charge in [0.2, 0.25) is 10.0 Å². The predicted octanol–water partition coefficient (Wildman–Crippen LogP) is 1.37. The number of benzene rings is 2. The van der Waals surface area contributed by atoms with Crippen LogP contribution in [-0.4, -0.2) is 42.9 Å². The normalized spacial score (nSPS) is 13.3. The van der Waals surface area contributed by atoms with Gasteiger partial charge in [0, 0.05) is 12.3 Å². The molecule has 2 atom stereocenters. The summed E-state index contributed by atoms with van der Waals surface area (Å²) in [6.45, 7) is 3.47. The van der Waals surface area contributed by atoms with Crippen LogP contribution < -0.4 is 10.5 Å². The lowest BCUT2D eigenvalue weighted by atomic mass is 10.1. The molecule has 0 radical (unpaired) electrons. The Labute approximate surface area is 178 Å². The maximum Gasteiger partial charge on any atom is 0.340 e. The summed E-state index contributed by atoms with van der Waals surface area (Å²) in [6.07, 6.45) is -0.583. The first kappa shape index (κ1) is 23.7. The molecule has 0 aliphatic rings. The van der Waals surface area contributed by atoms with E-state index in [9.17, 15) is 22.2 Å². The van der Waals surface area contributed by atoms with Gasteiger partial charge in [-0.05, 0) is 43.2 Å². The van der Waals surface area contributed by atoms with Crippen LogP contribution >= 0.6 is 0 Å². The van der Waals surface area contributed by atoms with Crippen LogP contribution in [0.1, 0.15) is 29.8 Å². The van der Waals surface area contributed by atoms with E-state index in [0.717, 1.165) is 5.56 Å². The summed E-state index contributed by atoms with van der Waals surface area (Å²) < 4.78 is 39.8. The maximum absolute atomic E-state index is 12.4. The SMILES string of the molecule is CCS(=O)c1ccccc1C(=O)OC(C)C(=O)NCCc1ccc(S(N)(=O)=O)cc1. The van der Waals surface area contributed by atoms with E-state index in [1.807, 2.05) is 0 Å². The van der Waals surface area contributed by atoms with Crippen molar-refractivity contribution in [1.82, 2.24) is 5.32 Å². The second-order valence-corrected chi connectivity index (χ2v) is 9.68. The second-order valence-electron chi connectivity index (χ2n) is 6.41. The number of nitrogens with one attached hydrogen (secondary N) is 1. The van der Waals surface area contributed by atoms with E-state index in [-0.39, 0.29) is 17.0 Å². The quantitative estimate of drug-likeness (QED) is 0.552. The summed E-state index contributed by atoms with van der Waals surface area (Å²) in [4.78, 5) is 25.0. The molecule has 0 saturated carbocycles. The van der Waals surface area contributed by atoms with E-state index < -0.39 is 38.8 Å². The fraction of sp³-hybridized carbons (Fsp3) is 0.300. The van der Waals surface area contributed by atoms with E-state index in [2.05, 4.69) is 5.32 Å². The van der Waals surface area contributed by atoms with Gasteiger partial charge in [0.15, 0.2) is 6.10 Å². The second kappa shape index (κ2) is 10.5. The summed E-state index contributed by atoms with van der Waals surface area (Å²) in [7, 11) is -5.08. The minimum atomic E-state index is -3.75. The van der Waals surface area contributed by atoms with Crippen LogP contribution in [0, 0.1) is 0 Å². The lowest BCUT2D eigenvalue weighted by Crippen LogP contribution is -2.37. The van der Waals surface area contributed by atoms with Crippen LogP contribution in [0.25, 0.3) is 0 Å². The van der Waals surface area contributed by atoms with Gasteiger partial charge in [-0.3, -0.25) is 9.00 Å². The third kappa shape index (κ3) is 6.48. The Morgan fingerprint density at radius 2 is 1.77 bits per heavy atom. The molecule has 0 aliphatic heterocycles. The summed E-state index contributed by atoms with van der Waals surface area (Å²) in [5.41, 5.74) is 0.982. The first-order chi connectivity index (χ1) is 14.1. The van der Waals surface area contributed by atoms with Crippen LogP contribution in [0.5, 0.6) is 0 Å². The number of amides is 1. The average Bonchev–Trinajstić information content (AvgIpc) is 2.72. The highest BCUT2D eigenvalue weighted by molar-refractivity contribution is 7.89. The van der Waals surface area contributed by atoms with Crippen molar-refractivity contribution in [3.8, 4) is 0 Å². The molecule has 0 spiro atoms. The molecule has 0 fully saturated rings. The maximum atomic E-state index is 12.4. The molecular weight excluding hydrogens is 428 g/mol. The molecule has 2 unspecified atom stereocenters. The van der Waals surface area contributed by atoms with E-state index in [1.165, 1.54) is 25.1 Å². The molecule has 8 nitrogen and oxygen atoms in total. The van der Waals surface area contributed by atoms with E-state index in [1.54, 1.807) is 37.3 Å². The summed E-state index contributed by atoms with van der Waals surface area (Å²) in [5, 5.41) is 7.71. The molecule has 162 valence electrons. The number of nitrogens with two attached hydrogens (primary N) is 1. The molecule has 0 aliphatic carbocycles. The van der Waals surface area contributed by atoms with Crippen LogP contribution in [0.3, 0.4) is 0 Å². The van der Waals surface area contributed by atoms with Gasteiger partial charge < -0.3 is 10.1 Å². The van der Waals surface area contributed by atoms with E-state index in [4.69, 9.17) is 9.88 Å². The molecule has 2 aromatic rings. The monoisotopic (exact) mass is 452 g/mol. The Balaban J connectivity index is 1.89. The number of esters is 1. The molecule has 0 heterocycles. The van der Waals surface area contributed by atoms with Gasteiger partial charge >= 0.3 is 5.97 Å². The van der Waals surface area contributed by atoms with Crippen molar-refractivity contribution in [2.75, 3.05) is 12.3 Å². The van der Waals surface area contributed by atoms with Crippen LogP contribution in [0.15, 0.2) is 58.3 Å². The number of ether oxygens (including phenoxy) is 1. The molecule has 0 aromatic heterocycles. The largest absolute Gasteiger partial charge is 0.449 e. The number of hydrogen-bond donors (Lipinski definition) is 2. The predicted molar refractivity (Wildman–Crippen MR) is 113 cm³/mol. The van der Waals surface area contributed by atoms with Gasteiger partial charge in [-0.2, -0.15) is 0 Å². The van der Waals surface area contributed by atoms with Crippen molar-refractivity contribution >= 4 is 32.7 Å². The van der Waals surface area contributed by atoms with Crippen molar-refractivity contribution in [2.24, 2.45) is 5.14 Å². The minimum Gasteiger partial charge on any atom is -0.449 e. The summed E-state index contributed by atoms with van der Waals surface area (Å²) in [6, 6.07) is 12.5. The number of carbonyl (C=O) groups is 2. The lowest BCUT2D eigenvalue weighted by molar-refractivity contribution is -0.129. The topological polar surface area (TPSA) is 133 Å². The molecule has 30 heavy (non-hydrogen) atoms. The van der Waals surface area contributed by atoms with Gasteiger partial charge in [0.1, 0.15) is 0 Å². The van der Waals surface area contributed by atoms with Gasteiger partial charge in [-0.1, -0.05) is 31.2 Å². The fourth-order valence-corrected chi connectivity index (χ4v) is 4.04. The van der Waals surface area contributed by atoms with Crippen molar-refractivity contribution in [2.45, 2.75) is 36.2 Å². The first-order valence-corrected chi connectivity index (χ1v) is 12.1. The third-order valence-electron chi connectivity index (χ3n) is 4.23. The number of rotatable bonds is 9. The first-order valence-electron chi connectivity index (χ1n) is 9.21. The van der Waals surface area contributed by atoms with E-state index in [0.29, 0.717) is 17.1 Å². The van der Waals surface area contributed by atoms with Crippen molar-refractivity contribution in [3.05, 3.63) is 59.7 Å². The molecule has 1 amide bonds. The van der Waals surface area contributed by atoms with Crippen molar-refractivity contribution in [3.63, 3.8) is 0 Å².